The largest absolute Gasteiger partial charge is 0.481 e. The lowest BCUT2D eigenvalue weighted by molar-refractivity contribution is -0.152. The molecule has 1 amide bonds. The van der Waals surface area contributed by atoms with Crippen molar-refractivity contribution in [1.29, 1.82) is 0 Å². The van der Waals surface area contributed by atoms with E-state index >= 15 is 0 Å². The second kappa shape index (κ2) is 6.15. The van der Waals surface area contributed by atoms with Gasteiger partial charge >= 0.3 is 5.97 Å². The van der Waals surface area contributed by atoms with Crippen molar-refractivity contribution in [2.45, 2.75) is 58.8 Å². The van der Waals surface area contributed by atoms with Gasteiger partial charge in [-0.25, -0.2) is 0 Å². The summed E-state index contributed by atoms with van der Waals surface area (Å²) >= 11 is 0. The highest BCUT2D eigenvalue weighted by molar-refractivity contribution is 5.82. The number of carbonyl (C=O) groups excluding carboxylic acids is 1. The van der Waals surface area contributed by atoms with Crippen LogP contribution in [0.25, 0.3) is 0 Å². The van der Waals surface area contributed by atoms with Crippen molar-refractivity contribution in [2.24, 2.45) is 17.3 Å². The van der Waals surface area contributed by atoms with E-state index in [1.165, 1.54) is 12.8 Å². The molecule has 0 aromatic rings. The summed E-state index contributed by atoms with van der Waals surface area (Å²) in [4.78, 5) is 25.9. The third kappa shape index (κ3) is 3.15. The Bertz CT molecular complexity index is 372. The molecule has 1 N–H and O–H groups in total. The Morgan fingerprint density at radius 2 is 1.75 bits per heavy atom. The van der Waals surface area contributed by atoms with Crippen molar-refractivity contribution in [3.05, 3.63) is 0 Å². The Labute approximate surface area is 121 Å². The number of rotatable bonds is 2. The molecule has 4 heteroatoms. The lowest BCUT2D eigenvalue weighted by Crippen LogP contribution is -2.49. The van der Waals surface area contributed by atoms with Crippen LogP contribution in [-0.4, -0.2) is 35.0 Å². The summed E-state index contributed by atoms with van der Waals surface area (Å²) < 4.78 is 0. The zero-order valence-electron chi connectivity index (χ0n) is 12.7. The second-order valence-corrected chi connectivity index (χ2v) is 6.94. The predicted molar refractivity (Wildman–Crippen MR) is 77.3 cm³/mol. The molecule has 4 nitrogen and oxygen atoms in total. The van der Waals surface area contributed by atoms with Gasteiger partial charge in [-0.3, -0.25) is 9.59 Å². The summed E-state index contributed by atoms with van der Waals surface area (Å²) in [5.74, 6) is -0.694. The summed E-state index contributed by atoms with van der Waals surface area (Å²) in [7, 11) is 0. The van der Waals surface area contributed by atoms with Gasteiger partial charge in [0.15, 0.2) is 0 Å². The monoisotopic (exact) mass is 281 g/mol. The quantitative estimate of drug-likeness (QED) is 0.792. The number of likely N-dealkylation sites (tertiary alicyclic amines) is 1. The lowest BCUT2D eigenvalue weighted by atomic mass is 9.79. The molecule has 0 bridgehead atoms. The Balaban J connectivity index is 2.01. The number of carboxylic acid groups (broad SMARTS) is 1. The van der Waals surface area contributed by atoms with Crippen molar-refractivity contribution < 1.29 is 14.7 Å². The third-order valence-electron chi connectivity index (χ3n) is 5.23. The van der Waals surface area contributed by atoms with Crippen LogP contribution in [-0.2, 0) is 9.59 Å². The second-order valence-electron chi connectivity index (χ2n) is 6.94. The predicted octanol–water partition coefficient (Wildman–Crippen LogP) is 2.92. The van der Waals surface area contributed by atoms with E-state index in [4.69, 9.17) is 5.11 Å². The minimum Gasteiger partial charge on any atom is -0.481 e. The fraction of sp³-hybridized carbons (Fsp3) is 0.875. The first kappa shape index (κ1) is 15.3. The maximum atomic E-state index is 12.8. The molecule has 0 aromatic heterocycles. The SMILES string of the molecule is CC1CN(C(=O)C2(C)CCCCCC2)CCC1C(=O)O. The maximum Gasteiger partial charge on any atom is 0.306 e. The topological polar surface area (TPSA) is 57.6 Å². The van der Waals surface area contributed by atoms with Crippen LogP contribution in [0, 0.1) is 17.3 Å². The first-order chi connectivity index (χ1) is 9.44. The van der Waals surface area contributed by atoms with Gasteiger partial charge in [-0.1, -0.05) is 39.5 Å². The first-order valence-electron chi connectivity index (χ1n) is 7.96. The minimum atomic E-state index is -0.717. The van der Waals surface area contributed by atoms with Gasteiger partial charge < -0.3 is 10.0 Å². The normalized spacial score (nSPS) is 30.6. The van der Waals surface area contributed by atoms with E-state index < -0.39 is 5.97 Å². The number of carbonyl (C=O) groups is 2. The van der Waals surface area contributed by atoms with Gasteiger partial charge in [0.05, 0.1) is 5.92 Å². The highest BCUT2D eigenvalue weighted by atomic mass is 16.4. The number of aliphatic carboxylic acids is 1. The molecule has 20 heavy (non-hydrogen) atoms. The van der Waals surface area contributed by atoms with Crippen LogP contribution >= 0.6 is 0 Å². The molecule has 1 heterocycles. The van der Waals surface area contributed by atoms with Crippen LogP contribution in [0.1, 0.15) is 58.8 Å². The molecule has 1 aliphatic carbocycles. The van der Waals surface area contributed by atoms with Crippen molar-refractivity contribution >= 4 is 11.9 Å². The highest BCUT2D eigenvalue weighted by Gasteiger charge is 2.40. The number of hydrogen-bond acceptors (Lipinski definition) is 2. The van der Waals surface area contributed by atoms with Crippen LogP contribution in [0.4, 0.5) is 0 Å². The molecule has 1 aliphatic heterocycles. The maximum absolute atomic E-state index is 12.8. The van der Waals surface area contributed by atoms with Crippen LogP contribution in [0.2, 0.25) is 0 Å². The standard InChI is InChI=1S/C16H27NO3/c1-12-11-17(10-7-13(12)14(18)19)15(20)16(2)8-5-3-4-6-9-16/h12-13H,3-11H2,1-2H3,(H,18,19). The molecule has 1 saturated carbocycles. The molecular weight excluding hydrogens is 254 g/mol. The van der Waals surface area contributed by atoms with Gasteiger partial charge in [-0.15, -0.1) is 0 Å². The Hall–Kier alpha value is -1.06. The van der Waals surface area contributed by atoms with Gasteiger partial charge in [-0.2, -0.15) is 0 Å². The molecule has 2 fully saturated rings. The van der Waals surface area contributed by atoms with E-state index in [0.29, 0.717) is 19.5 Å². The van der Waals surface area contributed by atoms with Gasteiger partial charge in [0.1, 0.15) is 0 Å². The Kier molecular flexibility index (Phi) is 4.71. The Morgan fingerprint density at radius 3 is 2.25 bits per heavy atom. The smallest absolute Gasteiger partial charge is 0.306 e. The molecule has 114 valence electrons. The number of piperidine rings is 1. The van der Waals surface area contributed by atoms with Crippen LogP contribution in [0.15, 0.2) is 0 Å². The van der Waals surface area contributed by atoms with E-state index in [9.17, 15) is 9.59 Å². The van der Waals surface area contributed by atoms with Crippen LogP contribution in [0.3, 0.4) is 0 Å². The van der Waals surface area contributed by atoms with Crippen molar-refractivity contribution in [2.75, 3.05) is 13.1 Å². The zero-order valence-corrected chi connectivity index (χ0v) is 12.7. The fourth-order valence-corrected chi connectivity index (χ4v) is 3.80. The van der Waals surface area contributed by atoms with E-state index in [-0.39, 0.29) is 23.2 Å². The summed E-state index contributed by atoms with van der Waals surface area (Å²) in [6.45, 7) is 5.27. The molecule has 0 aromatic carbocycles. The van der Waals surface area contributed by atoms with E-state index in [0.717, 1.165) is 25.7 Å². The third-order valence-corrected chi connectivity index (χ3v) is 5.23. The summed E-state index contributed by atoms with van der Waals surface area (Å²) in [5, 5.41) is 9.17. The van der Waals surface area contributed by atoms with Gasteiger partial charge in [-0.05, 0) is 25.2 Å². The molecule has 1 saturated heterocycles. The van der Waals surface area contributed by atoms with Crippen LogP contribution < -0.4 is 0 Å². The lowest BCUT2D eigenvalue weighted by Gasteiger charge is -2.40. The molecule has 2 unspecified atom stereocenters. The minimum absolute atomic E-state index is 0.0552. The number of nitrogens with zero attached hydrogens (tertiary/aromatic N) is 1. The van der Waals surface area contributed by atoms with Gasteiger partial charge in [0, 0.05) is 18.5 Å². The molecule has 0 spiro atoms. The fourth-order valence-electron chi connectivity index (χ4n) is 3.80. The van der Waals surface area contributed by atoms with Crippen molar-refractivity contribution in [3.8, 4) is 0 Å². The summed E-state index contributed by atoms with van der Waals surface area (Å²) in [6, 6.07) is 0. The summed E-state index contributed by atoms with van der Waals surface area (Å²) in [5.41, 5.74) is -0.216. The Morgan fingerprint density at radius 1 is 1.15 bits per heavy atom. The first-order valence-corrected chi connectivity index (χ1v) is 7.96. The van der Waals surface area contributed by atoms with E-state index in [2.05, 4.69) is 6.92 Å². The van der Waals surface area contributed by atoms with E-state index in [1.807, 2.05) is 11.8 Å². The average molecular weight is 281 g/mol. The van der Waals surface area contributed by atoms with Crippen molar-refractivity contribution in [3.63, 3.8) is 0 Å². The average Bonchev–Trinajstić information content (AvgIpc) is 2.63. The van der Waals surface area contributed by atoms with Gasteiger partial charge in [0.25, 0.3) is 0 Å². The molecule has 2 atom stereocenters. The molecule has 2 aliphatic rings. The van der Waals surface area contributed by atoms with E-state index in [1.54, 1.807) is 0 Å². The van der Waals surface area contributed by atoms with Gasteiger partial charge in [0.2, 0.25) is 5.91 Å². The number of hydrogen-bond donors (Lipinski definition) is 1. The molecule has 2 rings (SSSR count). The van der Waals surface area contributed by atoms with Crippen molar-refractivity contribution in [1.82, 2.24) is 4.90 Å². The summed E-state index contributed by atoms with van der Waals surface area (Å²) in [6.07, 6.45) is 7.32. The zero-order chi connectivity index (χ0) is 14.8. The molecular formula is C16H27NO3. The van der Waals surface area contributed by atoms with Crippen LogP contribution in [0.5, 0.6) is 0 Å². The highest BCUT2D eigenvalue weighted by Crippen LogP contribution is 2.37. The number of amides is 1. The molecule has 0 radical (unpaired) electrons. The number of carboxylic acids is 1.